The number of carbonyl (C=O) groups excluding carboxylic acids is 1. The molecule has 2 heterocycles. The molecular formula is C23H23ClN2O2. The lowest BCUT2D eigenvalue weighted by molar-refractivity contribution is 0.112. The van der Waals surface area contributed by atoms with E-state index in [-0.39, 0.29) is 0 Å². The van der Waals surface area contributed by atoms with Gasteiger partial charge in [0.1, 0.15) is 5.75 Å². The van der Waals surface area contributed by atoms with Crippen molar-refractivity contribution in [1.82, 2.24) is 9.47 Å². The second-order valence-electron chi connectivity index (χ2n) is 7.19. The zero-order valence-electron chi connectivity index (χ0n) is 16.1. The average Bonchev–Trinajstić information content (AvgIpc) is 2.85. The summed E-state index contributed by atoms with van der Waals surface area (Å²) in [7, 11) is 3.75. The highest BCUT2D eigenvalue weighted by Gasteiger charge is 2.19. The Morgan fingerprint density at radius 1 is 1.11 bits per heavy atom. The molecule has 4 nitrogen and oxygen atoms in total. The molecule has 144 valence electrons. The van der Waals surface area contributed by atoms with Crippen molar-refractivity contribution < 1.29 is 9.53 Å². The van der Waals surface area contributed by atoms with Crippen LogP contribution in [0.15, 0.2) is 36.4 Å². The van der Waals surface area contributed by atoms with Crippen LogP contribution in [0.2, 0.25) is 5.02 Å². The molecule has 2 aromatic carbocycles. The second kappa shape index (κ2) is 7.82. The van der Waals surface area contributed by atoms with Gasteiger partial charge in [-0.15, -0.1) is 0 Å². The van der Waals surface area contributed by atoms with Gasteiger partial charge in [0.2, 0.25) is 0 Å². The molecule has 0 unspecified atom stereocenters. The number of ether oxygens (including phenoxy) is 1. The van der Waals surface area contributed by atoms with Crippen LogP contribution in [0.5, 0.6) is 5.75 Å². The first-order chi connectivity index (χ1) is 13.6. The van der Waals surface area contributed by atoms with E-state index in [1.807, 2.05) is 18.2 Å². The van der Waals surface area contributed by atoms with Crippen LogP contribution >= 0.6 is 11.6 Å². The molecule has 0 saturated carbocycles. The van der Waals surface area contributed by atoms with Crippen LogP contribution in [0.3, 0.4) is 0 Å². The number of aromatic nitrogens is 1. The van der Waals surface area contributed by atoms with E-state index in [1.54, 1.807) is 13.2 Å². The Balaban J connectivity index is 1.80. The summed E-state index contributed by atoms with van der Waals surface area (Å²) in [6.45, 7) is 2.08. The SMILES string of the molecule is COc1cc(/C=C/n2c3c(c4cc(Cl)ccc42)CCN(C)CC3)ccc1C=O. The van der Waals surface area contributed by atoms with Gasteiger partial charge < -0.3 is 14.2 Å². The molecule has 0 radical (unpaired) electrons. The molecule has 3 aromatic rings. The third-order valence-electron chi connectivity index (χ3n) is 5.46. The monoisotopic (exact) mass is 394 g/mol. The fraction of sp³-hybridized carbons (Fsp3) is 0.261. The average molecular weight is 395 g/mol. The first kappa shape index (κ1) is 18.8. The largest absolute Gasteiger partial charge is 0.496 e. The third kappa shape index (κ3) is 3.46. The van der Waals surface area contributed by atoms with E-state index in [4.69, 9.17) is 16.3 Å². The molecule has 0 bridgehead atoms. The van der Waals surface area contributed by atoms with E-state index in [2.05, 4.69) is 40.9 Å². The molecule has 5 heteroatoms. The topological polar surface area (TPSA) is 34.5 Å². The molecule has 0 atom stereocenters. The molecule has 28 heavy (non-hydrogen) atoms. The maximum Gasteiger partial charge on any atom is 0.153 e. The first-order valence-corrected chi connectivity index (χ1v) is 9.79. The Morgan fingerprint density at radius 3 is 2.71 bits per heavy atom. The predicted octanol–water partition coefficient (Wildman–Crippen LogP) is 4.77. The lowest BCUT2D eigenvalue weighted by atomic mass is 10.1. The quantitative estimate of drug-likeness (QED) is 0.597. The lowest BCUT2D eigenvalue weighted by Crippen LogP contribution is -2.21. The highest BCUT2D eigenvalue weighted by molar-refractivity contribution is 6.31. The summed E-state index contributed by atoms with van der Waals surface area (Å²) in [4.78, 5) is 13.5. The zero-order valence-corrected chi connectivity index (χ0v) is 16.9. The number of rotatable bonds is 4. The minimum absolute atomic E-state index is 0.553. The van der Waals surface area contributed by atoms with Gasteiger partial charge in [0.25, 0.3) is 0 Å². The Kier molecular flexibility index (Phi) is 5.25. The Hall–Kier alpha value is -2.56. The molecule has 0 spiro atoms. The van der Waals surface area contributed by atoms with Gasteiger partial charge in [-0.05, 0) is 61.0 Å². The van der Waals surface area contributed by atoms with Crippen LogP contribution in [-0.4, -0.2) is 43.0 Å². The van der Waals surface area contributed by atoms with Crippen molar-refractivity contribution in [3.8, 4) is 5.75 Å². The van der Waals surface area contributed by atoms with Crippen LogP contribution in [0.25, 0.3) is 23.2 Å². The molecule has 0 saturated heterocycles. The van der Waals surface area contributed by atoms with E-state index >= 15 is 0 Å². The number of methoxy groups -OCH3 is 1. The Bertz CT molecular complexity index is 1070. The van der Waals surface area contributed by atoms with Crippen molar-refractivity contribution in [2.75, 3.05) is 27.2 Å². The zero-order chi connectivity index (χ0) is 19.7. The molecule has 0 aliphatic carbocycles. The summed E-state index contributed by atoms with van der Waals surface area (Å²) in [5.41, 5.74) is 5.44. The molecule has 0 amide bonds. The number of benzene rings is 2. The van der Waals surface area contributed by atoms with Gasteiger partial charge >= 0.3 is 0 Å². The van der Waals surface area contributed by atoms with Gasteiger partial charge in [0.15, 0.2) is 6.29 Å². The van der Waals surface area contributed by atoms with Crippen LogP contribution < -0.4 is 4.74 Å². The Morgan fingerprint density at radius 2 is 1.93 bits per heavy atom. The number of nitrogens with zero attached hydrogens (tertiary/aromatic N) is 2. The number of fused-ring (bicyclic) bond motifs is 3. The number of halogens is 1. The summed E-state index contributed by atoms with van der Waals surface area (Å²) in [5.74, 6) is 0.585. The fourth-order valence-electron chi connectivity index (χ4n) is 3.93. The summed E-state index contributed by atoms with van der Waals surface area (Å²) in [6, 6.07) is 11.7. The summed E-state index contributed by atoms with van der Waals surface area (Å²) >= 11 is 6.29. The van der Waals surface area contributed by atoms with Gasteiger partial charge in [-0.3, -0.25) is 4.79 Å². The van der Waals surface area contributed by atoms with Gasteiger partial charge in [0.05, 0.1) is 18.2 Å². The molecule has 1 aromatic heterocycles. The normalized spacial score (nSPS) is 15.0. The standard InChI is InChI=1S/C23H23ClN2O2/c1-25-10-8-19-20-14-18(24)5-6-21(20)26(22(19)9-11-25)12-7-16-3-4-17(15-27)23(13-16)28-2/h3-7,12-15H,8-11H2,1-2H3/b12-7+. The van der Waals surface area contributed by atoms with E-state index in [9.17, 15) is 4.79 Å². The van der Waals surface area contributed by atoms with Crippen molar-refractivity contribution in [2.45, 2.75) is 12.8 Å². The molecule has 1 aliphatic heterocycles. The van der Waals surface area contributed by atoms with E-state index < -0.39 is 0 Å². The Labute approximate surface area is 170 Å². The number of hydrogen-bond acceptors (Lipinski definition) is 3. The smallest absolute Gasteiger partial charge is 0.153 e. The molecule has 4 rings (SSSR count). The van der Waals surface area contributed by atoms with Crippen molar-refractivity contribution in [1.29, 1.82) is 0 Å². The summed E-state index contributed by atoms with van der Waals surface area (Å²) < 4.78 is 7.60. The van der Waals surface area contributed by atoms with E-state index in [0.717, 1.165) is 42.8 Å². The van der Waals surface area contributed by atoms with Crippen LogP contribution in [-0.2, 0) is 12.8 Å². The van der Waals surface area contributed by atoms with Crippen LogP contribution in [0.4, 0.5) is 0 Å². The number of likely N-dealkylation sites (N-methyl/N-ethyl adjacent to an activating group) is 1. The minimum atomic E-state index is 0.553. The summed E-state index contributed by atoms with van der Waals surface area (Å²) in [6.07, 6.45) is 6.99. The maximum absolute atomic E-state index is 11.1. The van der Waals surface area contributed by atoms with Crippen LogP contribution in [0.1, 0.15) is 27.2 Å². The van der Waals surface area contributed by atoms with Crippen molar-refractivity contribution in [2.24, 2.45) is 0 Å². The van der Waals surface area contributed by atoms with E-state index in [0.29, 0.717) is 11.3 Å². The van der Waals surface area contributed by atoms with Crippen molar-refractivity contribution >= 4 is 41.1 Å². The molecule has 1 aliphatic rings. The molecule has 0 N–H and O–H groups in total. The maximum atomic E-state index is 11.1. The fourth-order valence-corrected chi connectivity index (χ4v) is 4.10. The van der Waals surface area contributed by atoms with Crippen molar-refractivity contribution in [3.63, 3.8) is 0 Å². The third-order valence-corrected chi connectivity index (χ3v) is 5.69. The van der Waals surface area contributed by atoms with Gasteiger partial charge in [-0.2, -0.15) is 0 Å². The van der Waals surface area contributed by atoms with Gasteiger partial charge in [-0.1, -0.05) is 17.7 Å². The number of carbonyl (C=O) groups is 1. The second-order valence-corrected chi connectivity index (χ2v) is 7.63. The predicted molar refractivity (Wildman–Crippen MR) is 115 cm³/mol. The van der Waals surface area contributed by atoms with Crippen molar-refractivity contribution in [3.05, 3.63) is 63.8 Å². The summed E-state index contributed by atoms with van der Waals surface area (Å²) in [5, 5.41) is 2.00. The highest BCUT2D eigenvalue weighted by atomic mass is 35.5. The highest BCUT2D eigenvalue weighted by Crippen LogP contribution is 2.32. The van der Waals surface area contributed by atoms with Gasteiger partial charge in [0, 0.05) is 41.8 Å². The number of aldehydes is 1. The first-order valence-electron chi connectivity index (χ1n) is 9.42. The minimum Gasteiger partial charge on any atom is -0.496 e. The molecular weight excluding hydrogens is 372 g/mol. The molecule has 0 fully saturated rings. The number of hydrogen-bond donors (Lipinski definition) is 0. The van der Waals surface area contributed by atoms with Crippen LogP contribution in [0, 0.1) is 0 Å². The van der Waals surface area contributed by atoms with Gasteiger partial charge in [-0.25, -0.2) is 0 Å². The lowest BCUT2D eigenvalue weighted by Gasteiger charge is -2.12. The van der Waals surface area contributed by atoms with E-state index in [1.165, 1.54) is 22.2 Å².